The molecule has 1 N–H and O–H groups in total. The first-order chi connectivity index (χ1) is 5.81. The highest BCUT2D eigenvalue weighted by Crippen LogP contribution is 2.05. The summed E-state index contributed by atoms with van der Waals surface area (Å²) >= 11 is 0. The second-order valence-corrected chi connectivity index (χ2v) is 2.81. The lowest BCUT2D eigenvalue weighted by molar-refractivity contribution is 0.284. The first kappa shape index (κ1) is 11.2. The lowest BCUT2D eigenvalue weighted by atomic mass is 10.1. The van der Waals surface area contributed by atoms with Gasteiger partial charge in [0.25, 0.3) is 0 Å². The van der Waals surface area contributed by atoms with Crippen LogP contribution in [0.1, 0.15) is 26.2 Å². The lowest BCUT2D eigenvalue weighted by Crippen LogP contribution is -1.83. The topological polar surface area (TPSA) is 20.2 Å². The molecule has 0 aromatic carbocycles. The second-order valence-electron chi connectivity index (χ2n) is 2.81. The third-order valence-electron chi connectivity index (χ3n) is 1.61. The number of hydrogen-bond acceptors (Lipinski definition) is 1. The van der Waals surface area contributed by atoms with E-state index in [4.69, 9.17) is 5.11 Å². The van der Waals surface area contributed by atoms with Crippen molar-refractivity contribution in [3.8, 4) is 0 Å². The van der Waals surface area contributed by atoms with E-state index in [0.29, 0.717) is 6.61 Å². The molecule has 0 fully saturated rings. The lowest BCUT2D eigenvalue weighted by Gasteiger charge is -1.97. The molecule has 0 spiro atoms. The molecule has 0 amide bonds. The minimum atomic E-state index is 0.301. The van der Waals surface area contributed by atoms with Crippen LogP contribution < -0.4 is 0 Å². The Kier molecular flexibility index (Phi) is 7.71. The number of rotatable bonds is 6. The van der Waals surface area contributed by atoms with Crippen molar-refractivity contribution in [3.63, 3.8) is 0 Å². The van der Waals surface area contributed by atoms with E-state index in [9.17, 15) is 0 Å². The van der Waals surface area contributed by atoms with Crippen LogP contribution in [0.3, 0.4) is 0 Å². The van der Waals surface area contributed by atoms with Crippen molar-refractivity contribution in [2.75, 3.05) is 6.61 Å². The molecule has 1 nitrogen and oxygen atoms in total. The van der Waals surface area contributed by atoms with Crippen LogP contribution in [0.15, 0.2) is 36.5 Å². The van der Waals surface area contributed by atoms with Crippen LogP contribution in [0, 0.1) is 0 Å². The molecule has 0 aromatic heterocycles. The zero-order valence-electron chi connectivity index (χ0n) is 7.79. The van der Waals surface area contributed by atoms with Gasteiger partial charge in [0.05, 0.1) is 0 Å². The van der Waals surface area contributed by atoms with Gasteiger partial charge < -0.3 is 5.11 Å². The monoisotopic (exact) mass is 166 g/mol. The summed E-state index contributed by atoms with van der Waals surface area (Å²) in [6.07, 6.45) is 10.8. The van der Waals surface area contributed by atoms with Gasteiger partial charge in [0.1, 0.15) is 0 Å². The summed E-state index contributed by atoms with van der Waals surface area (Å²) in [6.45, 7) is 5.99. The molecule has 0 aromatic rings. The fourth-order valence-corrected chi connectivity index (χ4v) is 0.897. The van der Waals surface area contributed by atoms with E-state index in [1.54, 1.807) is 6.08 Å². The highest BCUT2D eigenvalue weighted by Gasteiger charge is 1.88. The Bertz CT molecular complexity index is 166. The minimum absolute atomic E-state index is 0.301. The average Bonchev–Trinajstić information content (AvgIpc) is 2.06. The van der Waals surface area contributed by atoms with E-state index in [1.807, 2.05) is 12.2 Å². The Labute approximate surface area is 75.1 Å². The highest BCUT2D eigenvalue weighted by atomic mass is 16.2. The summed E-state index contributed by atoms with van der Waals surface area (Å²) in [7, 11) is 0. The third kappa shape index (κ3) is 7.29. The maximum Gasteiger partial charge on any atom is 0.0431 e. The molecule has 68 valence electrons. The molecule has 0 unspecified atom stereocenters. The molecule has 0 aliphatic heterocycles. The second kappa shape index (κ2) is 8.28. The van der Waals surface area contributed by atoms with Crippen LogP contribution in [0.25, 0.3) is 0 Å². The zero-order valence-corrected chi connectivity index (χ0v) is 7.79. The van der Waals surface area contributed by atoms with Crippen LogP contribution in [0.2, 0.25) is 0 Å². The van der Waals surface area contributed by atoms with Gasteiger partial charge in [0.2, 0.25) is 0 Å². The molecule has 0 saturated heterocycles. The van der Waals surface area contributed by atoms with E-state index in [2.05, 4.69) is 19.6 Å². The summed E-state index contributed by atoms with van der Waals surface area (Å²) < 4.78 is 0. The Balaban J connectivity index is 3.55. The molecule has 0 aliphatic carbocycles. The number of aliphatic hydroxyl groups is 1. The third-order valence-corrected chi connectivity index (χ3v) is 1.61. The van der Waals surface area contributed by atoms with Crippen molar-refractivity contribution in [2.45, 2.75) is 26.2 Å². The van der Waals surface area contributed by atoms with E-state index in [0.717, 1.165) is 19.3 Å². The first-order valence-electron chi connectivity index (χ1n) is 4.37. The van der Waals surface area contributed by atoms with Crippen LogP contribution in [0.4, 0.5) is 0 Å². The summed E-state index contributed by atoms with van der Waals surface area (Å²) in [5.41, 5.74) is 1.35. The van der Waals surface area contributed by atoms with Crippen molar-refractivity contribution in [2.24, 2.45) is 0 Å². The van der Waals surface area contributed by atoms with Gasteiger partial charge in [0, 0.05) is 6.61 Å². The first-order valence-corrected chi connectivity index (χ1v) is 4.37. The predicted molar refractivity (Wildman–Crippen MR) is 54.0 cm³/mol. The fraction of sp³-hybridized carbons (Fsp3) is 0.455. The number of hydrogen-bond donors (Lipinski definition) is 1. The molecule has 0 saturated carbocycles. The standard InChI is InChI=1S/C11H18O/c1-3-4-5-8-11(2)9-6-7-10-12/h3-5,8,12H,1,6-7,9-10H2,2H3/b5-4-,11-8+. The number of unbranched alkanes of at least 4 members (excludes halogenated alkanes) is 1. The Morgan fingerprint density at radius 2 is 2.08 bits per heavy atom. The molecule has 12 heavy (non-hydrogen) atoms. The maximum atomic E-state index is 8.55. The molecule has 0 atom stereocenters. The molecule has 0 aliphatic rings. The van der Waals surface area contributed by atoms with Crippen molar-refractivity contribution < 1.29 is 5.11 Å². The predicted octanol–water partition coefficient (Wildman–Crippen LogP) is 2.84. The molecule has 0 rings (SSSR count). The van der Waals surface area contributed by atoms with Gasteiger partial charge in [-0.3, -0.25) is 0 Å². The maximum absolute atomic E-state index is 8.55. The van der Waals surface area contributed by atoms with Crippen LogP contribution >= 0.6 is 0 Å². The van der Waals surface area contributed by atoms with Gasteiger partial charge in [-0.15, -0.1) is 0 Å². The van der Waals surface area contributed by atoms with Crippen LogP contribution in [0.5, 0.6) is 0 Å². The SMILES string of the molecule is C=C/C=C\C=C(/C)CCCCO. The Morgan fingerprint density at radius 1 is 1.33 bits per heavy atom. The smallest absolute Gasteiger partial charge is 0.0431 e. The quantitative estimate of drug-likeness (QED) is 0.475. The normalized spacial score (nSPS) is 12.3. The summed E-state index contributed by atoms with van der Waals surface area (Å²) in [6, 6.07) is 0. The van der Waals surface area contributed by atoms with E-state index < -0.39 is 0 Å². The van der Waals surface area contributed by atoms with E-state index >= 15 is 0 Å². The molecular weight excluding hydrogens is 148 g/mol. The Morgan fingerprint density at radius 3 is 2.67 bits per heavy atom. The summed E-state index contributed by atoms with van der Waals surface area (Å²) in [4.78, 5) is 0. The van der Waals surface area contributed by atoms with Crippen molar-refractivity contribution in [1.29, 1.82) is 0 Å². The number of aliphatic hydroxyl groups excluding tert-OH is 1. The molecular formula is C11H18O. The van der Waals surface area contributed by atoms with Crippen LogP contribution in [-0.2, 0) is 0 Å². The van der Waals surface area contributed by atoms with Gasteiger partial charge in [-0.2, -0.15) is 0 Å². The van der Waals surface area contributed by atoms with E-state index in [-0.39, 0.29) is 0 Å². The molecule has 1 heteroatoms. The van der Waals surface area contributed by atoms with Gasteiger partial charge in [-0.1, -0.05) is 36.5 Å². The van der Waals surface area contributed by atoms with Gasteiger partial charge in [-0.25, -0.2) is 0 Å². The van der Waals surface area contributed by atoms with Crippen molar-refractivity contribution in [3.05, 3.63) is 36.5 Å². The van der Waals surface area contributed by atoms with Gasteiger partial charge in [-0.05, 0) is 26.2 Å². The minimum Gasteiger partial charge on any atom is -0.396 e. The van der Waals surface area contributed by atoms with Gasteiger partial charge in [0.15, 0.2) is 0 Å². The summed E-state index contributed by atoms with van der Waals surface area (Å²) in [5.74, 6) is 0. The van der Waals surface area contributed by atoms with Crippen LogP contribution in [-0.4, -0.2) is 11.7 Å². The molecule has 0 bridgehead atoms. The summed E-state index contributed by atoms with van der Waals surface area (Å²) in [5, 5.41) is 8.55. The van der Waals surface area contributed by atoms with Crippen molar-refractivity contribution >= 4 is 0 Å². The van der Waals surface area contributed by atoms with Gasteiger partial charge >= 0.3 is 0 Å². The van der Waals surface area contributed by atoms with E-state index in [1.165, 1.54) is 5.57 Å². The fourth-order valence-electron chi connectivity index (χ4n) is 0.897. The zero-order chi connectivity index (χ0) is 9.23. The highest BCUT2D eigenvalue weighted by molar-refractivity contribution is 5.13. The molecule has 0 radical (unpaired) electrons. The average molecular weight is 166 g/mol. The largest absolute Gasteiger partial charge is 0.396 e. The van der Waals surface area contributed by atoms with Crippen molar-refractivity contribution in [1.82, 2.24) is 0 Å². The number of allylic oxidation sites excluding steroid dienone is 5. The Hall–Kier alpha value is -0.820. The molecule has 0 heterocycles.